The molecule has 1 aromatic heterocycles. The van der Waals surface area contributed by atoms with Gasteiger partial charge < -0.3 is 20.4 Å². The van der Waals surface area contributed by atoms with Crippen LogP contribution in [-0.2, 0) is 0 Å². The number of fused-ring (bicyclic) bond motifs is 1. The van der Waals surface area contributed by atoms with Gasteiger partial charge in [0.25, 0.3) is 11.8 Å². The van der Waals surface area contributed by atoms with E-state index in [1.165, 1.54) is 32.1 Å². The molecule has 2 amide bonds. The first kappa shape index (κ1) is 23.9. The van der Waals surface area contributed by atoms with Gasteiger partial charge in [-0.15, -0.1) is 0 Å². The second-order valence-corrected chi connectivity index (χ2v) is 11.5. The summed E-state index contributed by atoms with van der Waals surface area (Å²) in [5, 5.41) is 6.30. The maximum atomic E-state index is 13.1. The van der Waals surface area contributed by atoms with E-state index in [9.17, 15) is 9.59 Å². The molecule has 0 aliphatic heterocycles. The number of hydrogen-bond acceptors (Lipinski definition) is 4. The third kappa shape index (κ3) is 4.56. The highest BCUT2D eigenvalue weighted by Crippen LogP contribution is 2.53. The molecule has 0 unspecified atom stereocenters. The number of imidazole rings is 1. The SMILES string of the molecule is COc1ccc(NC(=O)c2ccc3[nH]c(-c4ccc(C(=O)NC5C6C[C@H]7C[C@@H](C6)C[C@@H]5C7)cc4)nc3c2)cc1. The van der Waals surface area contributed by atoms with Crippen LogP contribution in [0.15, 0.2) is 66.7 Å². The summed E-state index contributed by atoms with van der Waals surface area (Å²) in [6, 6.07) is 20.6. The fourth-order valence-corrected chi connectivity index (χ4v) is 7.34. The summed E-state index contributed by atoms with van der Waals surface area (Å²) in [7, 11) is 1.61. The number of H-pyrrole nitrogens is 1. The predicted octanol–water partition coefficient (Wildman–Crippen LogP) is 6.05. The first-order valence-corrected chi connectivity index (χ1v) is 13.9. The zero-order valence-electron chi connectivity index (χ0n) is 21.9. The van der Waals surface area contributed by atoms with Gasteiger partial charge in [-0.05, 0) is 110 Å². The van der Waals surface area contributed by atoms with Crippen LogP contribution in [0.4, 0.5) is 5.69 Å². The van der Waals surface area contributed by atoms with Crippen LogP contribution in [0.5, 0.6) is 5.75 Å². The van der Waals surface area contributed by atoms with Gasteiger partial charge in [-0.2, -0.15) is 0 Å². The monoisotopic (exact) mass is 520 g/mol. The lowest BCUT2D eigenvalue weighted by Gasteiger charge is -2.54. The second-order valence-electron chi connectivity index (χ2n) is 11.5. The molecule has 4 saturated carbocycles. The molecule has 4 fully saturated rings. The summed E-state index contributed by atoms with van der Waals surface area (Å²) in [5.41, 5.74) is 4.33. The fraction of sp³-hybridized carbons (Fsp3) is 0.344. The minimum atomic E-state index is -0.207. The summed E-state index contributed by atoms with van der Waals surface area (Å²) >= 11 is 0. The fourth-order valence-electron chi connectivity index (χ4n) is 7.34. The smallest absolute Gasteiger partial charge is 0.255 e. The zero-order valence-corrected chi connectivity index (χ0v) is 21.9. The Morgan fingerprint density at radius 1 is 0.821 bits per heavy atom. The molecule has 198 valence electrons. The Kier molecular flexibility index (Phi) is 5.87. The number of rotatable bonds is 6. The summed E-state index contributed by atoms with van der Waals surface area (Å²) < 4.78 is 5.17. The van der Waals surface area contributed by atoms with Gasteiger partial charge in [-0.25, -0.2) is 4.98 Å². The maximum Gasteiger partial charge on any atom is 0.255 e. The molecular weight excluding hydrogens is 488 g/mol. The Morgan fingerprint density at radius 2 is 1.49 bits per heavy atom. The van der Waals surface area contributed by atoms with E-state index < -0.39 is 0 Å². The molecule has 7 nitrogen and oxygen atoms in total. The van der Waals surface area contributed by atoms with Crippen LogP contribution in [-0.4, -0.2) is 34.9 Å². The maximum absolute atomic E-state index is 13.1. The van der Waals surface area contributed by atoms with E-state index in [4.69, 9.17) is 9.72 Å². The molecule has 3 aromatic carbocycles. The summed E-state index contributed by atoms with van der Waals surface area (Å²) in [4.78, 5) is 34.0. The standard InChI is InChI=1S/C32H32N4O3/c1-39-26-9-7-25(8-10-26)33-32(38)22-6-11-27-28(17-22)35-30(34-27)20-2-4-21(5-3-20)31(37)36-29-23-13-18-12-19(15-23)16-24(29)14-18/h2-11,17-19,23-24,29H,12-16H2,1H3,(H,33,38)(H,34,35)(H,36,37)/t18-,19+,23-,24?,29?. The molecule has 39 heavy (non-hydrogen) atoms. The quantitative estimate of drug-likeness (QED) is 0.289. The van der Waals surface area contributed by atoms with E-state index in [-0.39, 0.29) is 11.8 Å². The normalized spacial score (nSPS) is 25.0. The van der Waals surface area contributed by atoms with Crippen molar-refractivity contribution in [2.24, 2.45) is 23.7 Å². The lowest BCUT2D eigenvalue weighted by molar-refractivity contribution is -0.0119. The molecule has 0 spiro atoms. The van der Waals surface area contributed by atoms with Crippen molar-refractivity contribution in [3.63, 3.8) is 0 Å². The minimum Gasteiger partial charge on any atom is -0.497 e. The first-order valence-electron chi connectivity index (χ1n) is 13.9. The molecule has 3 N–H and O–H groups in total. The van der Waals surface area contributed by atoms with E-state index in [1.54, 1.807) is 43.5 Å². The van der Waals surface area contributed by atoms with Crippen molar-refractivity contribution in [2.45, 2.75) is 38.1 Å². The Balaban J connectivity index is 1.03. The number of amides is 2. The summed E-state index contributed by atoms with van der Waals surface area (Å²) in [6.07, 6.45) is 6.55. The number of nitrogens with one attached hydrogen (secondary N) is 3. The molecular formula is C32H32N4O3. The van der Waals surface area contributed by atoms with E-state index in [0.29, 0.717) is 46.0 Å². The largest absolute Gasteiger partial charge is 0.497 e. The number of aromatic nitrogens is 2. The van der Waals surface area contributed by atoms with Crippen LogP contribution in [0.2, 0.25) is 0 Å². The van der Waals surface area contributed by atoms with Gasteiger partial charge in [0.1, 0.15) is 11.6 Å². The van der Waals surface area contributed by atoms with Crippen molar-refractivity contribution in [1.82, 2.24) is 15.3 Å². The molecule has 4 aliphatic carbocycles. The number of carbonyl (C=O) groups excluding carboxylic acids is 2. The molecule has 8 rings (SSSR count). The van der Waals surface area contributed by atoms with Crippen LogP contribution in [0.25, 0.3) is 22.4 Å². The highest BCUT2D eigenvalue weighted by molar-refractivity contribution is 6.06. The molecule has 4 bridgehead atoms. The molecule has 7 heteroatoms. The first-order chi connectivity index (χ1) is 19.0. The molecule has 1 heterocycles. The third-order valence-corrected chi connectivity index (χ3v) is 9.04. The van der Waals surface area contributed by atoms with Crippen molar-refractivity contribution >= 4 is 28.5 Å². The summed E-state index contributed by atoms with van der Waals surface area (Å²) in [6.45, 7) is 0. The Labute approximate surface area is 227 Å². The number of methoxy groups -OCH3 is 1. The molecule has 4 aliphatic rings. The van der Waals surface area contributed by atoms with Crippen molar-refractivity contribution in [3.05, 3.63) is 77.9 Å². The Bertz CT molecular complexity index is 1510. The topological polar surface area (TPSA) is 96.1 Å². The summed E-state index contributed by atoms with van der Waals surface area (Å²) in [5.74, 6) is 4.34. The molecule has 0 atom stereocenters. The molecule has 4 aromatic rings. The molecule has 0 saturated heterocycles. The number of nitrogens with zero attached hydrogens (tertiary/aromatic N) is 1. The lowest BCUT2D eigenvalue weighted by Crippen LogP contribution is -2.55. The minimum absolute atomic E-state index is 0.0242. The van der Waals surface area contributed by atoms with Crippen LogP contribution < -0.4 is 15.4 Å². The van der Waals surface area contributed by atoms with Gasteiger partial charge >= 0.3 is 0 Å². The second kappa shape index (κ2) is 9.56. The zero-order chi connectivity index (χ0) is 26.5. The average Bonchev–Trinajstić information content (AvgIpc) is 3.38. The van der Waals surface area contributed by atoms with Crippen molar-refractivity contribution in [2.75, 3.05) is 12.4 Å². The lowest BCUT2D eigenvalue weighted by atomic mass is 9.54. The van der Waals surface area contributed by atoms with Crippen LogP contribution >= 0.6 is 0 Å². The van der Waals surface area contributed by atoms with E-state index in [1.807, 2.05) is 30.3 Å². The molecule has 0 radical (unpaired) electrons. The highest BCUT2D eigenvalue weighted by atomic mass is 16.5. The highest BCUT2D eigenvalue weighted by Gasteiger charge is 2.48. The number of aromatic amines is 1. The van der Waals surface area contributed by atoms with Crippen molar-refractivity contribution in [3.8, 4) is 17.1 Å². The number of anilines is 1. The van der Waals surface area contributed by atoms with Crippen LogP contribution in [0, 0.1) is 23.7 Å². The van der Waals surface area contributed by atoms with Crippen LogP contribution in [0.3, 0.4) is 0 Å². The van der Waals surface area contributed by atoms with Crippen molar-refractivity contribution < 1.29 is 14.3 Å². The van der Waals surface area contributed by atoms with Crippen LogP contribution in [0.1, 0.15) is 52.8 Å². The van der Waals surface area contributed by atoms with Gasteiger partial charge in [0.2, 0.25) is 0 Å². The third-order valence-electron chi connectivity index (χ3n) is 9.04. The van der Waals surface area contributed by atoms with E-state index >= 15 is 0 Å². The number of carbonyl (C=O) groups is 2. The predicted molar refractivity (Wildman–Crippen MR) is 151 cm³/mol. The van der Waals surface area contributed by atoms with Gasteiger partial charge in [0.05, 0.1) is 18.1 Å². The van der Waals surface area contributed by atoms with E-state index in [2.05, 4.69) is 15.6 Å². The van der Waals surface area contributed by atoms with Gasteiger partial charge in [-0.3, -0.25) is 9.59 Å². The van der Waals surface area contributed by atoms with Gasteiger partial charge in [0.15, 0.2) is 0 Å². The van der Waals surface area contributed by atoms with E-state index in [0.717, 1.165) is 28.7 Å². The van der Waals surface area contributed by atoms with Gasteiger partial charge in [-0.1, -0.05) is 12.1 Å². The number of ether oxygens (including phenoxy) is 1. The average molecular weight is 521 g/mol. The Hall–Kier alpha value is -4.13. The number of benzene rings is 3. The number of hydrogen-bond donors (Lipinski definition) is 3. The van der Waals surface area contributed by atoms with Crippen molar-refractivity contribution in [1.29, 1.82) is 0 Å². The Morgan fingerprint density at radius 3 is 2.15 bits per heavy atom. The van der Waals surface area contributed by atoms with Gasteiger partial charge in [0, 0.05) is 28.4 Å².